The molecule has 28 heavy (non-hydrogen) atoms. The van der Waals surface area contributed by atoms with Gasteiger partial charge in [-0.15, -0.1) is 0 Å². The van der Waals surface area contributed by atoms with Crippen molar-refractivity contribution in [3.63, 3.8) is 0 Å². The van der Waals surface area contributed by atoms with Gasteiger partial charge in [0.1, 0.15) is 6.54 Å². The molecule has 2 aromatic rings. The number of ether oxygens (including phenoxy) is 3. The number of fused-ring (bicyclic) bond motifs is 1. The number of amides is 1. The Morgan fingerprint density at radius 2 is 1.68 bits per heavy atom. The lowest BCUT2D eigenvalue weighted by molar-refractivity contribution is -0.141. The topological polar surface area (TPSA) is 90.9 Å². The van der Waals surface area contributed by atoms with Crippen LogP contribution < -0.4 is 14.8 Å². The second kappa shape index (κ2) is 8.12. The van der Waals surface area contributed by atoms with Crippen LogP contribution in [0.4, 0.5) is 0 Å². The number of carbonyl (C=O) groups excluding carboxylic acids is 3. The van der Waals surface area contributed by atoms with E-state index in [1.807, 2.05) is 26.8 Å². The second-order valence-corrected chi connectivity index (χ2v) is 6.59. The molecule has 0 fully saturated rings. The Bertz CT molecular complexity index is 950. The average Bonchev–Trinajstić information content (AvgIpc) is 3.14. The van der Waals surface area contributed by atoms with E-state index < -0.39 is 11.9 Å². The second-order valence-electron chi connectivity index (χ2n) is 6.59. The number of aryl methyl sites for hydroxylation is 3. The molecule has 0 spiro atoms. The third-order valence-electron chi connectivity index (χ3n) is 4.53. The van der Waals surface area contributed by atoms with Gasteiger partial charge in [0.05, 0.1) is 0 Å². The molecule has 3 rings (SSSR count). The summed E-state index contributed by atoms with van der Waals surface area (Å²) in [6, 6.07) is 8.45. The van der Waals surface area contributed by atoms with E-state index in [9.17, 15) is 14.4 Å². The maximum Gasteiger partial charge on any atom is 0.325 e. The van der Waals surface area contributed by atoms with Crippen LogP contribution in [0.5, 0.6) is 11.5 Å². The van der Waals surface area contributed by atoms with Gasteiger partial charge < -0.3 is 19.5 Å². The number of hydrogen-bond acceptors (Lipinski definition) is 6. The number of hydrogen-bond donors (Lipinski definition) is 1. The molecule has 0 atom stereocenters. The number of benzene rings is 2. The maximum absolute atomic E-state index is 12.3. The molecule has 1 N–H and O–H groups in total. The zero-order valence-electron chi connectivity index (χ0n) is 16.0. The SMILES string of the molecule is Cc1cc(C)c(C(=O)COC(=O)CNC(=O)c2ccc3c(c2)OCO3)cc1C. The van der Waals surface area contributed by atoms with Crippen LogP contribution in [0, 0.1) is 20.8 Å². The Hall–Kier alpha value is -3.35. The summed E-state index contributed by atoms with van der Waals surface area (Å²) in [5.74, 6) is -0.382. The molecule has 146 valence electrons. The summed E-state index contributed by atoms with van der Waals surface area (Å²) in [5, 5.41) is 2.46. The first-order valence-corrected chi connectivity index (χ1v) is 8.79. The first-order valence-electron chi connectivity index (χ1n) is 8.79. The minimum Gasteiger partial charge on any atom is -0.456 e. The summed E-state index contributed by atoms with van der Waals surface area (Å²) < 4.78 is 15.4. The molecule has 0 aromatic heterocycles. The number of rotatable bonds is 6. The van der Waals surface area contributed by atoms with Gasteiger partial charge in [0, 0.05) is 11.1 Å². The minimum atomic E-state index is -0.691. The van der Waals surface area contributed by atoms with Gasteiger partial charge in [-0.1, -0.05) is 6.07 Å². The quantitative estimate of drug-likeness (QED) is 0.609. The summed E-state index contributed by atoms with van der Waals surface area (Å²) in [6.07, 6.45) is 0. The van der Waals surface area contributed by atoms with Crippen LogP contribution in [0.3, 0.4) is 0 Å². The van der Waals surface area contributed by atoms with E-state index in [1.165, 1.54) is 6.07 Å². The van der Waals surface area contributed by atoms with E-state index in [4.69, 9.17) is 14.2 Å². The third kappa shape index (κ3) is 4.31. The monoisotopic (exact) mass is 383 g/mol. The Kier molecular flexibility index (Phi) is 5.63. The smallest absolute Gasteiger partial charge is 0.325 e. The number of nitrogens with one attached hydrogen (secondary N) is 1. The third-order valence-corrected chi connectivity index (χ3v) is 4.53. The lowest BCUT2D eigenvalue weighted by Gasteiger charge is -2.10. The first kappa shape index (κ1) is 19.4. The van der Waals surface area contributed by atoms with E-state index in [-0.39, 0.29) is 25.7 Å². The zero-order valence-corrected chi connectivity index (χ0v) is 16.0. The highest BCUT2D eigenvalue weighted by Crippen LogP contribution is 2.32. The molecule has 1 heterocycles. The van der Waals surface area contributed by atoms with Gasteiger partial charge in [-0.2, -0.15) is 0 Å². The molecule has 0 radical (unpaired) electrons. The van der Waals surface area contributed by atoms with Gasteiger partial charge in [-0.25, -0.2) is 0 Å². The Morgan fingerprint density at radius 1 is 0.964 bits per heavy atom. The van der Waals surface area contributed by atoms with E-state index >= 15 is 0 Å². The van der Waals surface area contributed by atoms with Gasteiger partial charge >= 0.3 is 5.97 Å². The number of esters is 1. The van der Waals surface area contributed by atoms with E-state index in [0.717, 1.165) is 16.7 Å². The molecule has 1 aliphatic heterocycles. The molecular weight excluding hydrogens is 362 g/mol. The normalized spacial score (nSPS) is 11.8. The molecule has 2 aromatic carbocycles. The fraction of sp³-hybridized carbons (Fsp3) is 0.286. The number of ketones is 1. The van der Waals surface area contributed by atoms with Crippen LogP contribution in [0.15, 0.2) is 30.3 Å². The van der Waals surface area contributed by atoms with Crippen molar-refractivity contribution in [3.8, 4) is 11.5 Å². The van der Waals surface area contributed by atoms with Gasteiger partial charge in [-0.3, -0.25) is 14.4 Å². The van der Waals surface area contributed by atoms with Crippen LogP contribution in [0.1, 0.15) is 37.4 Å². The summed E-state index contributed by atoms with van der Waals surface area (Å²) in [7, 11) is 0. The predicted octanol–water partition coefficient (Wildman–Crippen LogP) is 2.50. The molecule has 7 nitrogen and oxygen atoms in total. The van der Waals surface area contributed by atoms with Crippen molar-refractivity contribution in [2.75, 3.05) is 19.9 Å². The van der Waals surface area contributed by atoms with Gasteiger partial charge in [-0.05, 0) is 61.7 Å². The van der Waals surface area contributed by atoms with E-state index in [2.05, 4.69) is 5.32 Å². The Balaban J connectivity index is 1.50. The molecule has 1 amide bonds. The van der Waals surface area contributed by atoms with E-state index in [0.29, 0.717) is 22.6 Å². The maximum atomic E-state index is 12.3. The minimum absolute atomic E-state index is 0.112. The van der Waals surface area contributed by atoms with Gasteiger partial charge in [0.15, 0.2) is 18.1 Å². The highest BCUT2D eigenvalue weighted by Gasteiger charge is 2.17. The largest absolute Gasteiger partial charge is 0.456 e. The molecule has 0 saturated carbocycles. The molecule has 0 saturated heterocycles. The fourth-order valence-electron chi connectivity index (χ4n) is 2.83. The van der Waals surface area contributed by atoms with Crippen LogP contribution in [0.2, 0.25) is 0 Å². The van der Waals surface area contributed by atoms with Crippen LogP contribution in [-0.2, 0) is 9.53 Å². The van der Waals surface area contributed by atoms with Crippen molar-refractivity contribution < 1.29 is 28.6 Å². The van der Waals surface area contributed by atoms with Crippen molar-refractivity contribution in [2.45, 2.75) is 20.8 Å². The molecule has 1 aliphatic rings. The number of carbonyl (C=O) groups is 3. The first-order chi connectivity index (χ1) is 13.3. The standard InChI is InChI=1S/C21H21NO6/c1-12-6-14(3)16(7-13(12)2)17(23)10-26-20(24)9-22-21(25)15-4-5-18-19(8-15)28-11-27-18/h4-8H,9-11H2,1-3H3,(H,22,25). The summed E-state index contributed by atoms with van der Waals surface area (Å²) in [4.78, 5) is 36.3. The lowest BCUT2D eigenvalue weighted by atomic mass is 9.98. The van der Waals surface area contributed by atoms with Crippen LogP contribution >= 0.6 is 0 Å². The van der Waals surface area contributed by atoms with Gasteiger partial charge in [0.2, 0.25) is 12.6 Å². The van der Waals surface area contributed by atoms with Gasteiger partial charge in [0.25, 0.3) is 5.91 Å². The van der Waals surface area contributed by atoms with Crippen LogP contribution in [0.25, 0.3) is 0 Å². The van der Waals surface area contributed by atoms with Crippen molar-refractivity contribution in [1.82, 2.24) is 5.32 Å². The molecule has 7 heteroatoms. The van der Waals surface area contributed by atoms with Crippen molar-refractivity contribution >= 4 is 17.7 Å². The Morgan fingerprint density at radius 3 is 2.46 bits per heavy atom. The predicted molar refractivity (Wildman–Crippen MR) is 101 cm³/mol. The van der Waals surface area contributed by atoms with Crippen molar-refractivity contribution in [3.05, 3.63) is 58.1 Å². The molecule has 0 aliphatic carbocycles. The molecule has 0 bridgehead atoms. The fourth-order valence-corrected chi connectivity index (χ4v) is 2.83. The summed E-state index contributed by atoms with van der Waals surface area (Å²) >= 11 is 0. The molecule has 0 unspecified atom stereocenters. The molecular formula is C21H21NO6. The van der Waals surface area contributed by atoms with Crippen LogP contribution in [-0.4, -0.2) is 37.6 Å². The average molecular weight is 383 g/mol. The van der Waals surface area contributed by atoms with E-state index in [1.54, 1.807) is 18.2 Å². The van der Waals surface area contributed by atoms with Crippen molar-refractivity contribution in [2.24, 2.45) is 0 Å². The Labute approximate surface area is 162 Å². The summed E-state index contributed by atoms with van der Waals surface area (Å²) in [5.41, 5.74) is 3.79. The van der Waals surface area contributed by atoms with Crippen molar-refractivity contribution in [1.29, 1.82) is 0 Å². The summed E-state index contributed by atoms with van der Waals surface area (Å²) in [6.45, 7) is 5.13. The zero-order chi connectivity index (χ0) is 20.3. The highest BCUT2D eigenvalue weighted by atomic mass is 16.7. The number of Topliss-reactive ketones (excluding diaryl/α,β-unsaturated/α-hetero) is 1. The highest BCUT2D eigenvalue weighted by molar-refractivity contribution is 6.00. The lowest BCUT2D eigenvalue weighted by Crippen LogP contribution is -2.31.